The Balaban J connectivity index is 1.93. The predicted octanol–water partition coefficient (Wildman–Crippen LogP) is 4.05. The van der Waals surface area contributed by atoms with E-state index in [1.807, 2.05) is 18.3 Å². The van der Waals surface area contributed by atoms with Gasteiger partial charge in [-0.2, -0.15) is 0 Å². The Labute approximate surface area is 120 Å². The van der Waals surface area contributed by atoms with Crippen molar-refractivity contribution in [3.05, 3.63) is 30.5 Å². The Kier molecular flexibility index (Phi) is 3.51. The van der Waals surface area contributed by atoms with Crippen LogP contribution in [-0.2, 0) is 0 Å². The topological polar surface area (TPSA) is 50.9 Å². The van der Waals surface area contributed by atoms with E-state index >= 15 is 0 Å². The maximum atomic E-state index is 6.02. The van der Waals surface area contributed by atoms with Gasteiger partial charge in [0.15, 0.2) is 0 Å². The standard InChI is InChI=1S/C17H23N3/c1-11-5-3-8-15(12(11)2)20-16-9-10-19-17-13(16)6-4-7-14(17)18/h4,6-7,9-12,15H,3,5,8,18H2,1-2H3,(H,19,20). The number of nitrogens with one attached hydrogen (secondary N) is 1. The number of nitrogens with zero attached hydrogens (tertiary/aromatic N) is 1. The van der Waals surface area contributed by atoms with Crippen LogP contribution in [0.15, 0.2) is 30.5 Å². The Morgan fingerprint density at radius 3 is 2.90 bits per heavy atom. The lowest BCUT2D eigenvalue weighted by atomic mass is 9.78. The Morgan fingerprint density at radius 2 is 2.05 bits per heavy atom. The minimum atomic E-state index is 0.547. The van der Waals surface area contributed by atoms with E-state index < -0.39 is 0 Å². The molecule has 3 heteroatoms. The van der Waals surface area contributed by atoms with Gasteiger partial charge in [-0.3, -0.25) is 4.98 Å². The first-order valence-corrected chi connectivity index (χ1v) is 7.56. The van der Waals surface area contributed by atoms with Crippen LogP contribution in [0.2, 0.25) is 0 Å². The molecule has 0 radical (unpaired) electrons. The highest BCUT2D eigenvalue weighted by molar-refractivity contribution is 5.97. The summed E-state index contributed by atoms with van der Waals surface area (Å²) < 4.78 is 0. The number of nitrogen functional groups attached to an aromatic ring is 1. The van der Waals surface area contributed by atoms with Crippen molar-refractivity contribution in [2.45, 2.75) is 39.2 Å². The number of nitrogens with two attached hydrogens (primary N) is 1. The molecule has 0 spiro atoms. The van der Waals surface area contributed by atoms with E-state index in [1.165, 1.54) is 19.3 Å². The Bertz CT molecular complexity index is 608. The molecule has 3 rings (SSSR count). The third-order valence-corrected chi connectivity index (χ3v) is 4.85. The van der Waals surface area contributed by atoms with Crippen molar-refractivity contribution < 1.29 is 0 Å². The highest BCUT2D eigenvalue weighted by Crippen LogP contribution is 2.33. The molecule has 0 saturated heterocycles. The molecule has 1 aromatic carbocycles. The van der Waals surface area contributed by atoms with Crippen molar-refractivity contribution in [2.24, 2.45) is 11.8 Å². The fraction of sp³-hybridized carbons (Fsp3) is 0.471. The van der Waals surface area contributed by atoms with Crippen molar-refractivity contribution in [1.82, 2.24) is 4.98 Å². The first-order valence-electron chi connectivity index (χ1n) is 7.56. The summed E-state index contributed by atoms with van der Waals surface area (Å²) in [5.41, 5.74) is 8.82. The quantitative estimate of drug-likeness (QED) is 0.808. The monoisotopic (exact) mass is 269 g/mol. The van der Waals surface area contributed by atoms with Crippen molar-refractivity contribution in [3.63, 3.8) is 0 Å². The van der Waals surface area contributed by atoms with Crippen molar-refractivity contribution in [2.75, 3.05) is 11.1 Å². The van der Waals surface area contributed by atoms with Gasteiger partial charge in [0.2, 0.25) is 0 Å². The average Bonchev–Trinajstić information content (AvgIpc) is 2.45. The normalized spacial score (nSPS) is 26.6. The number of anilines is 2. The molecule has 0 bridgehead atoms. The van der Waals surface area contributed by atoms with Crippen LogP contribution in [-0.4, -0.2) is 11.0 Å². The molecule has 1 aliphatic rings. The number of aromatic nitrogens is 1. The van der Waals surface area contributed by atoms with Crippen LogP contribution in [0.4, 0.5) is 11.4 Å². The van der Waals surface area contributed by atoms with E-state index in [-0.39, 0.29) is 0 Å². The van der Waals surface area contributed by atoms with Gasteiger partial charge in [0.05, 0.1) is 11.2 Å². The second-order valence-electron chi connectivity index (χ2n) is 6.12. The molecule has 3 atom stereocenters. The number of para-hydroxylation sites is 1. The molecule has 20 heavy (non-hydrogen) atoms. The van der Waals surface area contributed by atoms with E-state index in [1.54, 1.807) is 0 Å². The van der Waals surface area contributed by atoms with Gasteiger partial charge >= 0.3 is 0 Å². The maximum absolute atomic E-state index is 6.02. The molecule has 1 heterocycles. The molecule has 3 unspecified atom stereocenters. The van der Waals surface area contributed by atoms with Gasteiger partial charge in [-0.05, 0) is 30.4 Å². The molecule has 3 N–H and O–H groups in total. The molecule has 1 aromatic heterocycles. The number of hydrogen-bond donors (Lipinski definition) is 2. The second-order valence-corrected chi connectivity index (χ2v) is 6.12. The summed E-state index contributed by atoms with van der Waals surface area (Å²) in [5, 5.41) is 4.86. The third kappa shape index (κ3) is 2.33. The molecule has 2 aromatic rings. The van der Waals surface area contributed by atoms with Crippen molar-refractivity contribution in [3.8, 4) is 0 Å². The SMILES string of the molecule is CC1CCCC(Nc2ccnc3c(N)cccc23)C1C. The fourth-order valence-corrected chi connectivity index (χ4v) is 3.31. The van der Waals surface area contributed by atoms with Crippen LogP contribution in [0.5, 0.6) is 0 Å². The zero-order valence-electron chi connectivity index (χ0n) is 12.3. The highest BCUT2D eigenvalue weighted by Gasteiger charge is 2.27. The molecule has 0 amide bonds. The van der Waals surface area contributed by atoms with E-state index in [9.17, 15) is 0 Å². The molecule has 0 aliphatic heterocycles. The van der Waals surface area contributed by atoms with Gasteiger partial charge in [0.25, 0.3) is 0 Å². The van der Waals surface area contributed by atoms with Gasteiger partial charge in [-0.15, -0.1) is 0 Å². The van der Waals surface area contributed by atoms with Crippen molar-refractivity contribution in [1.29, 1.82) is 0 Å². The Morgan fingerprint density at radius 1 is 1.20 bits per heavy atom. The van der Waals surface area contributed by atoms with Crippen LogP contribution in [0.3, 0.4) is 0 Å². The summed E-state index contributed by atoms with van der Waals surface area (Å²) >= 11 is 0. The van der Waals surface area contributed by atoms with Gasteiger partial charge < -0.3 is 11.1 Å². The lowest BCUT2D eigenvalue weighted by molar-refractivity contribution is 0.253. The van der Waals surface area contributed by atoms with Gasteiger partial charge in [0.1, 0.15) is 0 Å². The molecule has 3 nitrogen and oxygen atoms in total. The number of rotatable bonds is 2. The van der Waals surface area contributed by atoms with Crippen LogP contribution in [0.25, 0.3) is 10.9 Å². The summed E-state index contributed by atoms with van der Waals surface area (Å²) in [5.74, 6) is 1.49. The van der Waals surface area contributed by atoms with Crippen LogP contribution in [0.1, 0.15) is 33.1 Å². The van der Waals surface area contributed by atoms with Crippen LogP contribution < -0.4 is 11.1 Å². The summed E-state index contributed by atoms with van der Waals surface area (Å²) in [6, 6.07) is 8.61. The summed E-state index contributed by atoms with van der Waals surface area (Å²) in [6.45, 7) is 4.72. The molecular formula is C17H23N3. The number of pyridine rings is 1. The molecule has 1 saturated carbocycles. The van der Waals surface area contributed by atoms with Gasteiger partial charge in [-0.25, -0.2) is 0 Å². The van der Waals surface area contributed by atoms with E-state index in [0.717, 1.165) is 28.2 Å². The first kappa shape index (κ1) is 13.2. The zero-order chi connectivity index (χ0) is 14.1. The summed E-state index contributed by atoms with van der Waals surface area (Å²) in [4.78, 5) is 4.40. The van der Waals surface area contributed by atoms with Crippen molar-refractivity contribution >= 4 is 22.3 Å². The second kappa shape index (κ2) is 5.31. The minimum Gasteiger partial charge on any atom is -0.397 e. The Hall–Kier alpha value is -1.77. The van der Waals surface area contributed by atoms with E-state index in [2.05, 4.69) is 36.3 Å². The summed E-state index contributed by atoms with van der Waals surface area (Å²) in [6.07, 6.45) is 5.76. The highest BCUT2D eigenvalue weighted by atomic mass is 14.9. The van der Waals surface area contributed by atoms with E-state index in [4.69, 9.17) is 5.73 Å². The summed E-state index contributed by atoms with van der Waals surface area (Å²) in [7, 11) is 0. The maximum Gasteiger partial charge on any atom is 0.0951 e. The van der Waals surface area contributed by atoms with Crippen LogP contribution >= 0.6 is 0 Å². The molecule has 1 fully saturated rings. The van der Waals surface area contributed by atoms with Crippen LogP contribution in [0, 0.1) is 11.8 Å². The zero-order valence-corrected chi connectivity index (χ0v) is 12.3. The predicted molar refractivity (Wildman–Crippen MR) is 85.7 cm³/mol. The molecular weight excluding hydrogens is 246 g/mol. The third-order valence-electron chi connectivity index (χ3n) is 4.85. The largest absolute Gasteiger partial charge is 0.397 e. The number of hydrogen-bond acceptors (Lipinski definition) is 3. The molecule has 106 valence electrons. The number of fused-ring (bicyclic) bond motifs is 1. The van der Waals surface area contributed by atoms with E-state index in [0.29, 0.717) is 12.0 Å². The van der Waals surface area contributed by atoms with Gasteiger partial charge in [0, 0.05) is 23.3 Å². The fourth-order valence-electron chi connectivity index (χ4n) is 3.31. The lowest BCUT2D eigenvalue weighted by Crippen LogP contribution is -2.35. The molecule has 1 aliphatic carbocycles. The lowest BCUT2D eigenvalue weighted by Gasteiger charge is -2.35. The average molecular weight is 269 g/mol. The smallest absolute Gasteiger partial charge is 0.0951 e. The van der Waals surface area contributed by atoms with Gasteiger partial charge in [-0.1, -0.05) is 38.8 Å². The number of benzene rings is 1. The first-order chi connectivity index (χ1) is 9.66. The minimum absolute atomic E-state index is 0.547.